The third-order valence-corrected chi connectivity index (χ3v) is 5.05. The van der Waals surface area contributed by atoms with Crippen molar-refractivity contribution in [3.63, 3.8) is 0 Å². The molecule has 0 amide bonds. The molecule has 0 aliphatic carbocycles. The molecular weight excluding hydrogens is 428 g/mol. The van der Waals surface area contributed by atoms with E-state index in [1.165, 1.54) is 16.8 Å². The highest BCUT2D eigenvalue weighted by Crippen LogP contribution is 2.27. The van der Waals surface area contributed by atoms with Gasteiger partial charge < -0.3 is 19.7 Å². The zero-order valence-corrected chi connectivity index (χ0v) is 18.3. The van der Waals surface area contributed by atoms with E-state index < -0.39 is 5.97 Å². The van der Waals surface area contributed by atoms with Crippen LogP contribution in [0.25, 0.3) is 32.9 Å². The first-order valence-corrected chi connectivity index (χ1v) is 10.3. The molecule has 0 fully saturated rings. The minimum absolute atomic E-state index is 0.0182. The summed E-state index contributed by atoms with van der Waals surface area (Å²) in [6.45, 7) is 3.57. The van der Waals surface area contributed by atoms with E-state index >= 15 is 0 Å². The molecule has 1 aromatic carbocycles. The fourth-order valence-electron chi connectivity index (χ4n) is 3.56. The number of aromatic nitrogens is 5. The Hall–Kier alpha value is -4.28. The molecule has 0 radical (unpaired) electrons. The minimum Gasteiger partial charge on any atom is -0.739 e. The quantitative estimate of drug-likeness (QED) is 0.262. The van der Waals surface area contributed by atoms with Gasteiger partial charge in [-0.05, 0) is 36.9 Å². The second kappa shape index (κ2) is 8.69. The van der Waals surface area contributed by atoms with Crippen LogP contribution in [0, 0.1) is 10.4 Å². The zero-order chi connectivity index (χ0) is 23.7. The highest BCUT2D eigenvalue weighted by molar-refractivity contribution is 5.96. The van der Waals surface area contributed by atoms with Gasteiger partial charge in [-0.3, -0.25) is 19.9 Å². The molecule has 170 valence electrons. The van der Waals surface area contributed by atoms with Gasteiger partial charge in [-0.1, -0.05) is 6.07 Å². The van der Waals surface area contributed by atoms with Crippen LogP contribution < -0.4 is 20.5 Å². The molecule has 0 aliphatic heterocycles. The van der Waals surface area contributed by atoms with Crippen molar-refractivity contribution in [3.8, 4) is 11.1 Å². The van der Waals surface area contributed by atoms with Crippen molar-refractivity contribution >= 4 is 33.7 Å². The molecule has 11 heteroatoms. The number of carbonyl (C=O) groups excluding carboxylic acids is 1. The summed E-state index contributed by atoms with van der Waals surface area (Å²) in [7, 11) is 1.63. The zero-order valence-electron chi connectivity index (χ0n) is 18.3. The summed E-state index contributed by atoms with van der Waals surface area (Å²) in [5.74, 6) is -0.642. The van der Waals surface area contributed by atoms with E-state index in [2.05, 4.69) is 15.4 Å². The number of carbonyl (C=O) groups is 1. The molecule has 0 atom stereocenters. The number of hydrogen-bond donors (Lipinski definition) is 1. The molecule has 0 aliphatic rings. The fraction of sp³-hybridized carbons (Fsp3) is 0.273. The van der Waals surface area contributed by atoms with Crippen LogP contribution >= 0.6 is 0 Å². The van der Waals surface area contributed by atoms with Crippen molar-refractivity contribution in [3.05, 3.63) is 63.6 Å². The van der Waals surface area contributed by atoms with Crippen LogP contribution in [0.2, 0.25) is 0 Å². The second-order valence-electron chi connectivity index (χ2n) is 7.79. The van der Waals surface area contributed by atoms with E-state index in [1.54, 1.807) is 51.5 Å². The molecule has 0 unspecified atom stereocenters. The van der Waals surface area contributed by atoms with Crippen LogP contribution in [0.3, 0.4) is 0 Å². The third-order valence-electron chi connectivity index (χ3n) is 5.05. The summed E-state index contributed by atoms with van der Waals surface area (Å²) in [5.41, 5.74) is 1.32. The summed E-state index contributed by atoms with van der Waals surface area (Å²) >= 11 is 0. The summed E-state index contributed by atoms with van der Waals surface area (Å²) < 4.78 is 6.98. The lowest BCUT2D eigenvalue weighted by molar-refractivity contribution is -0.672. The van der Waals surface area contributed by atoms with Gasteiger partial charge in [0, 0.05) is 42.1 Å². The van der Waals surface area contributed by atoms with Crippen molar-refractivity contribution < 1.29 is 19.1 Å². The Bertz CT molecular complexity index is 1430. The summed E-state index contributed by atoms with van der Waals surface area (Å²) in [6, 6.07) is 6.49. The lowest BCUT2D eigenvalue weighted by Gasteiger charge is -2.12. The topological polar surface area (TPSA) is 140 Å². The van der Waals surface area contributed by atoms with Crippen LogP contribution in [0.15, 0.2) is 47.7 Å². The summed E-state index contributed by atoms with van der Waals surface area (Å²) in [6.07, 6.45) is 4.54. The maximum Gasteiger partial charge on any atom is 0.460 e. The Morgan fingerprint density at radius 2 is 2.00 bits per heavy atom. The molecule has 0 bridgehead atoms. The molecule has 0 saturated heterocycles. The first-order chi connectivity index (χ1) is 15.8. The lowest BCUT2D eigenvalue weighted by atomic mass is 10.0. The van der Waals surface area contributed by atoms with Crippen molar-refractivity contribution in [2.24, 2.45) is 7.05 Å². The Labute approximate surface area is 188 Å². The number of rotatable bonds is 6. The van der Waals surface area contributed by atoms with Gasteiger partial charge >= 0.3 is 11.9 Å². The molecule has 4 rings (SSSR count). The monoisotopic (exact) mass is 450 g/mol. The standard InChI is InChI=1S/C22H22N6O5/c1-13(2)33-20(29)7-9-24-22-25-28(32)19-10-14(4-5-18(19)27(22)31)17-12-26(3)21(30)16-11-23-8-6-15(16)17/h4-6,8,10-13H,7,9H2,1-3H3,(H,24,25). The Morgan fingerprint density at radius 3 is 2.76 bits per heavy atom. The van der Waals surface area contributed by atoms with Crippen LogP contribution in [0.5, 0.6) is 0 Å². The molecular formula is C22H22N6O5. The number of benzene rings is 1. The van der Waals surface area contributed by atoms with Gasteiger partial charge in [-0.15, -0.1) is 0 Å². The minimum atomic E-state index is -0.421. The van der Waals surface area contributed by atoms with Crippen molar-refractivity contribution in [2.75, 3.05) is 11.9 Å². The van der Waals surface area contributed by atoms with E-state index in [-0.39, 0.29) is 41.6 Å². The number of nitrogens with one attached hydrogen (secondary N) is 1. The SMILES string of the molecule is CC(C)OC(=O)CCNc1n[n+]([O-])c2cc(-c3cn(C)c(=O)c4cnccc34)ccc2[n+]1[O-]. The average Bonchev–Trinajstić information content (AvgIpc) is 2.78. The molecule has 0 saturated carbocycles. The molecule has 4 aromatic rings. The largest absolute Gasteiger partial charge is 0.739 e. The second-order valence-corrected chi connectivity index (χ2v) is 7.79. The number of fused-ring (bicyclic) bond motifs is 2. The third kappa shape index (κ3) is 4.25. The van der Waals surface area contributed by atoms with Gasteiger partial charge in [0.1, 0.15) is 0 Å². The van der Waals surface area contributed by atoms with E-state index in [1.807, 2.05) is 0 Å². The molecule has 0 spiro atoms. The molecule has 11 nitrogen and oxygen atoms in total. The first-order valence-electron chi connectivity index (χ1n) is 10.3. The van der Waals surface area contributed by atoms with Gasteiger partial charge in [0.25, 0.3) is 11.1 Å². The number of esters is 1. The normalized spacial score (nSPS) is 11.3. The molecule has 33 heavy (non-hydrogen) atoms. The van der Waals surface area contributed by atoms with Crippen LogP contribution in [0.4, 0.5) is 5.95 Å². The Balaban J connectivity index is 1.70. The maximum atomic E-state index is 12.8. The van der Waals surface area contributed by atoms with Crippen molar-refractivity contribution in [1.82, 2.24) is 14.6 Å². The fourth-order valence-corrected chi connectivity index (χ4v) is 3.56. The lowest BCUT2D eigenvalue weighted by Crippen LogP contribution is -2.44. The Kier molecular flexibility index (Phi) is 5.78. The molecule has 1 N–H and O–H groups in total. The van der Waals surface area contributed by atoms with Crippen LogP contribution in [-0.2, 0) is 16.6 Å². The van der Waals surface area contributed by atoms with Gasteiger partial charge in [0.15, 0.2) is 5.52 Å². The van der Waals surface area contributed by atoms with Crippen molar-refractivity contribution in [2.45, 2.75) is 26.4 Å². The Morgan fingerprint density at radius 1 is 1.21 bits per heavy atom. The van der Waals surface area contributed by atoms with Gasteiger partial charge in [0.05, 0.1) is 24.5 Å². The van der Waals surface area contributed by atoms with E-state index in [9.17, 15) is 20.0 Å². The number of pyridine rings is 2. The van der Waals surface area contributed by atoms with Crippen LogP contribution in [-0.4, -0.2) is 33.3 Å². The highest BCUT2D eigenvalue weighted by Gasteiger charge is 2.22. The van der Waals surface area contributed by atoms with Crippen LogP contribution in [0.1, 0.15) is 20.3 Å². The van der Waals surface area contributed by atoms with E-state index in [4.69, 9.17) is 4.74 Å². The summed E-state index contributed by atoms with van der Waals surface area (Å²) in [5, 5.41) is 33.0. The number of anilines is 1. The first kappa shape index (κ1) is 21.9. The smallest absolute Gasteiger partial charge is 0.460 e. The summed E-state index contributed by atoms with van der Waals surface area (Å²) in [4.78, 5) is 28.5. The highest BCUT2D eigenvalue weighted by atomic mass is 16.5. The van der Waals surface area contributed by atoms with E-state index in [0.29, 0.717) is 31.5 Å². The van der Waals surface area contributed by atoms with Gasteiger partial charge in [0.2, 0.25) is 5.10 Å². The van der Waals surface area contributed by atoms with Gasteiger partial charge in [-0.2, -0.15) is 0 Å². The molecule has 3 heterocycles. The van der Waals surface area contributed by atoms with Crippen molar-refractivity contribution in [1.29, 1.82) is 0 Å². The number of hydrogen-bond acceptors (Lipinski definition) is 8. The predicted molar refractivity (Wildman–Crippen MR) is 120 cm³/mol. The molecule has 3 aromatic heterocycles. The van der Waals surface area contributed by atoms with Gasteiger partial charge in [-0.25, -0.2) is 4.73 Å². The number of aryl methyl sites for hydroxylation is 1. The number of nitrogens with zero attached hydrogens (tertiary/aromatic N) is 5. The maximum absolute atomic E-state index is 12.8. The van der Waals surface area contributed by atoms with E-state index in [0.717, 1.165) is 0 Å². The number of ether oxygens (including phenoxy) is 1. The predicted octanol–water partition coefficient (Wildman–Crippen LogP) is 1.17. The average molecular weight is 450 g/mol.